The molecule has 0 aromatic rings. The first-order valence-electron chi connectivity index (χ1n) is 6.23. The number of amides is 1. The van der Waals surface area contributed by atoms with Crippen LogP contribution in [0.2, 0.25) is 0 Å². The molecule has 0 aromatic carbocycles. The second kappa shape index (κ2) is 6.15. The largest absolute Gasteiger partial charge is 0.342 e. The smallest absolute Gasteiger partial charge is 0.226 e. The standard InChI is InChI=1S/C12H20ClNOS/c13-5-3-10-2-1-6-14(8-10)12(15)11-4-7-16-9-11/h10-11H,1-9H2. The van der Waals surface area contributed by atoms with Gasteiger partial charge in [0.25, 0.3) is 0 Å². The van der Waals surface area contributed by atoms with E-state index in [1.165, 1.54) is 6.42 Å². The average molecular weight is 262 g/mol. The number of likely N-dealkylation sites (tertiary alicyclic amines) is 1. The van der Waals surface area contributed by atoms with Crippen LogP contribution in [0, 0.1) is 11.8 Å². The summed E-state index contributed by atoms with van der Waals surface area (Å²) in [6.07, 6.45) is 4.55. The molecule has 2 fully saturated rings. The molecule has 2 heterocycles. The van der Waals surface area contributed by atoms with Crippen molar-refractivity contribution < 1.29 is 4.79 Å². The van der Waals surface area contributed by atoms with Crippen molar-refractivity contribution in [2.24, 2.45) is 11.8 Å². The maximum atomic E-state index is 12.2. The van der Waals surface area contributed by atoms with Gasteiger partial charge in [-0.25, -0.2) is 0 Å². The minimum Gasteiger partial charge on any atom is -0.342 e. The first-order chi connectivity index (χ1) is 7.81. The Bertz CT molecular complexity index is 241. The molecule has 0 radical (unpaired) electrons. The summed E-state index contributed by atoms with van der Waals surface area (Å²) in [7, 11) is 0. The van der Waals surface area contributed by atoms with Crippen molar-refractivity contribution in [3.63, 3.8) is 0 Å². The van der Waals surface area contributed by atoms with Crippen LogP contribution < -0.4 is 0 Å². The number of thioether (sulfide) groups is 1. The molecule has 0 saturated carbocycles. The quantitative estimate of drug-likeness (QED) is 0.728. The lowest BCUT2D eigenvalue weighted by Crippen LogP contribution is -2.43. The highest BCUT2D eigenvalue weighted by molar-refractivity contribution is 7.99. The third-order valence-corrected chi connectivity index (χ3v) is 5.01. The summed E-state index contributed by atoms with van der Waals surface area (Å²) in [6, 6.07) is 0. The molecule has 0 aliphatic carbocycles. The Morgan fingerprint density at radius 1 is 1.44 bits per heavy atom. The van der Waals surface area contributed by atoms with Gasteiger partial charge in [0.1, 0.15) is 0 Å². The highest BCUT2D eigenvalue weighted by atomic mass is 35.5. The Morgan fingerprint density at radius 3 is 3.00 bits per heavy atom. The van der Waals surface area contributed by atoms with E-state index in [2.05, 4.69) is 4.90 Å². The Morgan fingerprint density at radius 2 is 2.31 bits per heavy atom. The van der Waals surface area contributed by atoms with Gasteiger partial charge in [-0.1, -0.05) is 0 Å². The molecule has 1 amide bonds. The van der Waals surface area contributed by atoms with Crippen LogP contribution in [0.25, 0.3) is 0 Å². The molecule has 2 saturated heterocycles. The van der Waals surface area contributed by atoms with Crippen molar-refractivity contribution in [3.05, 3.63) is 0 Å². The van der Waals surface area contributed by atoms with Crippen molar-refractivity contribution in [1.82, 2.24) is 4.90 Å². The lowest BCUT2D eigenvalue weighted by Gasteiger charge is -2.34. The lowest BCUT2D eigenvalue weighted by atomic mass is 9.94. The Hall–Kier alpha value is 0.110. The van der Waals surface area contributed by atoms with Crippen molar-refractivity contribution in [1.29, 1.82) is 0 Å². The average Bonchev–Trinajstić information content (AvgIpc) is 2.82. The minimum atomic E-state index is 0.305. The Balaban J connectivity index is 1.85. The maximum Gasteiger partial charge on any atom is 0.226 e. The van der Waals surface area contributed by atoms with E-state index in [9.17, 15) is 4.79 Å². The van der Waals surface area contributed by atoms with Crippen LogP contribution in [0.3, 0.4) is 0 Å². The topological polar surface area (TPSA) is 20.3 Å². The normalized spacial score (nSPS) is 30.7. The summed E-state index contributed by atoms with van der Waals surface area (Å²) in [5.41, 5.74) is 0. The van der Waals surface area contributed by atoms with E-state index in [0.29, 0.717) is 17.7 Å². The van der Waals surface area contributed by atoms with E-state index >= 15 is 0 Å². The third-order valence-electron chi connectivity index (χ3n) is 3.63. The molecule has 0 N–H and O–H groups in total. The predicted molar refractivity (Wildman–Crippen MR) is 70.1 cm³/mol. The second-order valence-corrected chi connectivity index (χ2v) is 6.36. The fraction of sp³-hybridized carbons (Fsp3) is 0.917. The number of carbonyl (C=O) groups is 1. The van der Waals surface area contributed by atoms with Crippen molar-refractivity contribution in [2.45, 2.75) is 25.7 Å². The molecule has 2 aliphatic rings. The number of halogens is 1. The lowest BCUT2D eigenvalue weighted by molar-refractivity contribution is -0.136. The summed E-state index contributed by atoms with van der Waals surface area (Å²) < 4.78 is 0. The first-order valence-corrected chi connectivity index (χ1v) is 7.92. The Kier molecular flexibility index (Phi) is 4.83. The molecule has 2 nitrogen and oxygen atoms in total. The number of piperidine rings is 1. The molecule has 0 spiro atoms. The number of nitrogens with zero attached hydrogens (tertiary/aromatic N) is 1. The van der Waals surface area contributed by atoms with Gasteiger partial charge in [0.15, 0.2) is 0 Å². The number of hydrogen-bond acceptors (Lipinski definition) is 2. The molecule has 2 atom stereocenters. The van der Waals surface area contributed by atoms with Crippen LogP contribution >= 0.6 is 23.4 Å². The minimum absolute atomic E-state index is 0.305. The summed E-state index contributed by atoms with van der Waals surface area (Å²) >= 11 is 7.70. The number of rotatable bonds is 3. The van der Waals surface area contributed by atoms with Crippen molar-refractivity contribution >= 4 is 29.3 Å². The molecular formula is C12H20ClNOS. The molecule has 16 heavy (non-hydrogen) atoms. The van der Waals surface area contributed by atoms with Crippen LogP contribution in [0.4, 0.5) is 0 Å². The summed E-state index contributed by atoms with van der Waals surface area (Å²) in [6.45, 7) is 1.92. The van der Waals surface area contributed by atoms with Crippen LogP contribution in [0.15, 0.2) is 0 Å². The predicted octanol–water partition coefficient (Wildman–Crippen LogP) is 2.61. The number of hydrogen-bond donors (Lipinski definition) is 0. The molecule has 0 bridgehead atoms. The zero-order valence-electron chi connectivity index (χ0n) is 9.66. The molecule has 4 heteroatoms. The SMILES string of the molecule is O=C(C1CCSC1)N1CCCC(CCCl)C1. The van der Waals surface area contributed by atoms with E-state index in [4.69, 9.17) is 11.6 Å². The van der Waals surface area contributed by atoms with Gasteiger partial charge in [-0.3, -0.25) is 4.79 Å². The summed E-state index contributed by atoms with van der Waals surface area (Å²) in [5, 5.41) is 0. The van der Waals surface area contributed by atoms with Gasteiger partial charge in [0.05, 0.1) is 0 Å². The van der Waals surface area contributed by atoms with E-state index in [1.54, 1.807) is 0 Å². The fourth-order valence-corrected chi connectivity index (χ4v) is 4.16. The fourth-order valence-electron chi connectivity index (χ4n) is 2.64. The maximum absolute atomic E-state index is 12.2. The van der Waals surface area contributed by atoms with Gasteiger partial charge in [0, 0.05) is 30.6 Å². The molecule has 92 valence electrons. The molecule has 2 rings (SSSR count). The van der Waals surface area contributed by atoms with E-state index in [-0.39, 0.29) is 0 Å². The monoisotopic (exact) mass is 261 g/mol. The van der Waals surface area contributed by atoms with Gasteiger partial charge in [-0.2, -0.15) is 11.8 Å². The van der Waals surface area contributed by atoms with Gasteiger partial charge in [-0.15, -0.1) is 11.6 Å². The van der Waals surface area contributed by atoms with E-state index in [1.807, 2.05) is 11.8 Å². The first kappa shape index (κ1) is 12.6. The Labute approximate surface area is 107 Å². The van der Waals surface area contributed by atoms with Gasteiger partial charge >= 0.3 is 0 Å². The zero-order chi connectivity index (χ0) is 11.4. The molecule has 2 unspecified atom stereocenters. The molecular weight excluding hydrogens is 242 g/mol. The molecule has 2 aliphatic heterocycles. The number of alkyl halides is 1. The zero-order valence-corrected chi connectivity index (χ0v) is 11.2. The van der Waals surface area contributed by atoms with Crippen molar-refractivity contribution in [2.75, 3.05) is 30.5 Å². The summed E-state index contributed by atoms with van der Waals surface area (Å²) in [5.74, 6) is 4.28. The van der Waals surface area contributed by atoms with Crippen LogP contribution in [0.5, 0.6) is 0 Å². The van der Waals surface area contributed by atoms with E-state index < -0.39 is 0 Å². The highest BCUT2D eigenvalue weighted by Gasteiger charge is 2.30. The van der Waals surface area contributed by atoms with Crippen molar-refractivity contribution in [3.8, 4) is 0 Å². The van der Waals surface area contributed by atoms with Gasteiger partial charge in [0.2, 0.25) is 5.91 Å². The van der Waals surface area contributed by atoms with Gasteiger partial charge < -0.3 is 4.90 Å². The van der Waals surface area contributed by atoms with E-state index in [0.717, 1.165) is 49.7 Å². The van der Waals surface area contributed by atoms with Crippen LogP contribution in [0.1, 0.15) is 25.7 Å². The number of carbonyl (C=O) groups excluding carboxylic acids is 1. The second-order valence-electron chi connectivity index (χ2n) is 4.83. The summed E-state index contributed by atoms with van der Waals surface area (Å²) in [4.78, 5) is 14.3. The van der Waals surface area contributed by atoms with Gasteiger partial charge in [-0.05, 0) is 37.4 Å². The van der Waals surface area contributed by atoms with Crippen LogP contribution in [-0.2, 0) is 4.79 Å². The van der Waals surface area contributed by atoms with Crippen LogP contribution in [-0.4, -0.2) is 41.3 Å². The third kappa shape index (κ3) is 3.07. The highest BCUT2D eigenvalue weighted by Crippen LogP contribution is 2.28. The molecule has 0 aromatic heterocycles.